The van der Waals surface area contributed by atoms with E-state index < -0.39 is 0 Å². The van der Waals surface area contributed by atoms with Crippen molar-refractivity contribution < 1.29 is 19.1 Å². The van der Waals surface area contributed by atoms with Gasteiger partial charge < -0.3 is 9.47 Å². The molecule has 0 saturated heterocycles. The molecule has 0 unspecified atom stereocenters. The minimum absolute atomic E-state index is 0.259. The van der Waals surface area contributed by atoms with Crippen molar-refractivity contribution in [3.05, 3.63) is 0 Å². The molecule has 0 radical (unpaired) electrons. The van der Waals surface area contributed by atoms with Gasteiger partial charge in [0, 0.05) is 0 Å². The van der Waals surface area contributed by atoms with E-state index in [1.54, 1.807) is 0 Å². The zero-order valence-corrected chi connectivity index (χ0v) is 13.1. The highest BCUT2D eigenvalue weighted by atomic mass is 16.5. The number of ether oxygens (including phenoxy) is 2. The van der Waals surface area contributed by atoms with Gasteiger partial charge in [-0.2, -0.15) is 0 Å². The summed E-state index contributed by atoms with van der Waals surface area (Å²) in [6.45, 7) is 8.40. The molecule has 0 aliphatic heterocycles. The van der Waals surface area contributed by atoms with Crippen LogP contribution in [-0.4, -0.2) is 26.2 Å². The van der Waals surface area contributed by atoms with Crippen LogP contribution in [0.1, 0.15) is 53.4 Å². The summed E-state index contributed by atoms with van der Waals surface area (Å²) in [5, 5.41) is 0. The summed E-state index contributed by atoms with van der Waals surface area (Å²) in [7, 11) is 2.77. The van der Waals surface area contributed by atoms with Crippen LogP contribution in [0.4, 0.5) is 0 Å². The van der Waals surface area contributed by atoms with Crippen LogP contribution in [0.2, 0.25) is 0 Å². The number of methoxy groups -OCH3 is 2. The second-order valence-electron chi connectivity index (χ2n) is 6.20. The molecule has 19 heavy (non-hydrogen) atoms. The Labute approximate surface area is 116 Å². The lowest BCUT2D eigenvalue weighted by atomic mass is 9.70. The van der Waals surface area contributed by atoms with Crippen LogP contribution in [0.3, 0.4) is 0 Å². The van der Waals surface area contributed by atoms with E-state index in [0.29, 0.717) is 11.8 Å². The van der Waals surface area contributed by atoms with Crippen LogP contribution in [-0.2, 0) is 19.1 Å². The average Bonchev–Trinajstić information content (AvgIpc) is 2.26. The largest absolute Gasteiger partial charge is 0.469 e. The zero-order chi connectivity index (χ0) is 15.1. The fourth-order valence-corrected chi connectivity index (χ4v) is 2.92. The summed E-state index contributed by atoms with van der Waals surface area (Å²) in [6, 6.07) is 0. The van der Waals surface area contributed by atoms with E-state index in [4.69, 9.17) is 9.47 Å². The number of esters is 2. The molecule has 0 aliphatic carbocycles. The molecule has 0 fully saturated rings. The molecule has 0 bridgehead atoms. The van der Waals surface area contributed by atoms with Crippen LogP contribution in [0.15, 0.2) is 0 Å². The lowest BCUT2D eigenvalue weighted by Gasteiger charge is -2.35. The molecule has 0 aromatic rings. The third kappa shape index (κ3) is 7.19. The summed E-state index contributed by atoms with van der Waals surface area (Å²) in [6.07, 6.45) is 2.18. The fraction of sp³-hybridized carbons (Fsp3) is 0.867. The Bertz CT molecular complexity index is 265. The molecule has 0 atom stereocenters. The van der Waals surface area contributed by atoms with Crippen molar-refractivity contribution in [2.75, 3.05) is 14.2 Å². The van der Waals surface area contributed by atoms with Crippen LogP contribution >= 0.6 is 0 Å². The van der Waals surface area contributed by atoms with E-state index in [9.17, 15) is 9.59 Å². The minimum atomic E-state index is -0.359. The van der Waals surface area contributed by atoms with E-state index in [-0.39, 0.29) is 30.2 Å². The van der Waals surface area contributed by atoms with E-state index in [2.05, 4.69) is 27.7 Å². The first-order valence-corrected chi connectivity index (χ1v) is 6.88. The summed E-state index contributed by atoms with van der Waals surface area (Å²) < 4.78 is 9.59. The molecular weight excluding hydrogens is 244 g/mol. The summed E-state index contributed by atoms with van der Waals surface area (Å²) in [4.78, 5) is 23.4. The van der Waals surface area contributed by atoms with Gasteiger partial charge in [-0.1, -0.05) is 27.7 Å². The van der Waals surface area contributed by atoms with Crippen LogP contribution in [0.25, 0.3) is 0 Å². The van der Waals surface area contributed by atoms with Crippen molar-refractivity contribution in [1.82, 2.24) is 0 Å². The summed E-state index contributed by atoms with van der Waals surface area (Å²) in [5.41, 5.74) is -0.359. The molecule has 0 aromatic carbocycles. The highest BCUT2D eigenvalue weighted by Crippen LogP contribution is 2.41. The lowest BCUT2D eigenvalue weighted by Crippen LogP contribution is -2.32. The van der Waals surface area contributed by atoms with Gasteiger partial charge in [0.15, 0.2) is 0 Å². The number of hydrogen-bond acceptors (Lipinski definition) is 4. The lowest BCUT2D eigenvalue weighted by molar-refractivity contribution is -0.148. The zero-order valence-electron chi connectivity index (χ0n) is 13.1. The smallest absolute Gasteiger partial charge is 0.306 e. The van der Waals surface area contributed by atoms with Gasteiger partial charge in [0.2, 0.25) is 0 Å². The second-order valence-corrected chi connectivity index (χ2v) is 6.20. The van der Waals surface area contributed by atoms with Crippen LogP contribution in [0.5, 0.6) is 0 Å². The SMILES string of the molecule is COC(=O)CC(CC(=O)OC)(CC(C)C)CC(C)C. The number of carbonyl (C=O) groups is 2. The van der Waals surface area contributed by atoms with E-state index in [1.807, 2.05) is 0 Å². The maximum absolute atomic E-state index is 11.7. The number of carbonyl (C=O) groups excluding carboxylic acids is 2. The van der Waals surface area contributed by atoms with Crippen molar-refractivity contribution in [3.63, 3.8) is 0 Å². The molecule has 4 nitrogen and oxygen atoms in total. The Hall–Kier alpha value is -1.06. The maximum Gasteiger partial charge on any atom is 0.306 e. The van der Waals surface area contributed by atoms with Gasteiger partial charge in [-0.05, 0) is 30.1 Å². The Kier molecular flexibility index (Phi) is 7.72. The predicted molar refractivity (Wildman–Crippen MR) is 74.6 cm³/mol. The van der Waals surface area contributed by atoms with Crippen LogP contribution < -0.4 is 0 Å². The number of hydrogen-bond donors (Lipinski definition) is 0. The van der Waals surface area contributed by atoms with E-state index >= 15 is 0 Å². The van der Waals surface area contributed by atoms with Crippen LogP contribution in [0, 0.1) is 17.3 Å². The van der Waals surface area contributed by atoms with Crippen molar-refractivity contribution in [2.45, 2.75) is 53.4 Å². The molecule has 0 aromatic heterocycles. The molecule has 0 heterocycles. The van der Waals surface area contributed by atoms with Gasteiger partial charge in [-0.3, -0.25) is 9.59 Å². The summed E-state index contributed by atoms with van der Waals surface area (Å²) in [5.74, 6) is 0.302. The molecule has 4 heteroatoms. The van der Waals surface area contributed by atoms with Gasteiger partial charge in [0.25, 0.3) is 0 Å². The first-order chi connectivity index (χ1) is 8.74. The normalized spacial score (nSPS) is 11.8. The van der Waals surface area contributed by atoms with Crippen molar-refractivity contribution in [1.29, 1.82) is 0 Å². The highest BCUT2D eigenvalue weighted by Gasteiger charge is 2.37. The third-order valence-electron chi connectivity index (χ3n) is 3.18. The van der Waals surface area contributed by atoms with E-state index in [0.717, 1.165) is 12.8 Å². The topological polar surface area (TPSA) is 52.6 Å². The Balaban J connectivity index is 5.16. The molecule has 0 saturated carbocycles. The fourth-order valence-electron chi connectivity index (χ4n) is 2.92. The van der Waals surface area contributed by atoms with Gasteiger partial charge in [0.1, 0.15) is 0 Å². The first kappa shape index (κ1) is 17.9. The first-order valence-electron chi connectivity index (χ1n) is 6.88. The standard InChI is InChI=1S/C15H28O4/c1-11(2)7-15(8-12(3)4,9-13(16)18-5)10-14(17)19-6/h11-12H,7-10H2,1-6H3. The van der Waals surface area contributed by atoms with Crippen molar-refractivity contribution in [2.24, 2.45) is 17.3 Å². The Morgan fingerprint density at radius 3 is 1.37 bits per heavy atom. The predicted octanol–water partition coefficient (Wildman–Crippen LogP) is 3.19. The molecule has 0 aliphatic rings. The molecule has 0 amide bonds. The second kappa shape index (κ2) is 8.18. The Morgan fingerprint density at radius 1 is 0.842 bits per heavy atom. The average molecular weight is 272 g/mol. The quantitative estimate of drug-likeness (QED) is 0.637. The number of rotatable bonds is 8. The van der Waals surface area contributed by atoms with Gasteiger partial charge >= 0.3 is 11.9 Å². The van der Waals surface area contributed by atoms with Gasteiger partial charge in [0.05, 0.1) is 27.1 Å². The summed E-state index contributed by atoms with van der Waals surface area (Å²) >= 11 is 0. The van der Waals surface area contributed by atoms with Crippen molar-refractivity contribution in [3.8, 4) is 0 Å². The van der Waals surface area contributed by atoms with Crippen molar-refractivity contribution >= 4 is 11.9 Å². The maximum atomic E-state index is 11.7. The Morgan fingerprint density at radius 2 is 1.16 bits per heavy atom. The molecule has 0 spiro atoms. The monoisotopic (exact) mass is 272 g/mol. The van der Waals surface area contributed by atoms with Gasteiger partial charge in [-0.25, -0.2) is 0 Å². The van der Waals surface area contributed by atoms with E-state index in [1.165, 1.54) is 14.2 Å². The molecule has 0 N–H and O–H groups in total. The molecular formula is C15H28O4. The molecule has 112 valence electrons. The highest BCUT2D eigenvalue weighted by molar-refractivity contribution is 5.74. The van der Waals surface area contributed by atoms with Gasteiger partial charge in [-0.15, -0.1) is 0 Å². The molecule has 0 rings (SSSR count). The third-order valence-corrected chi connectivity index (χ3v) is 3.18. The minimum Gasteiger partial charge on any atom is -0.469 e.